The summed E-state index contributed by atoms with van der Waals surface area (Å²) in [5.41, 5.74) is 6.12. The molecule has 3 N–H and O–H groups in total. The highest BCUT2D eigenvalue weighted by Crippen LogP contribution is 2.08. The van der Waals surface area contributed by atoms with Crippen LogP contribution in [0.3, 0.4) is 0 Å². The summed E-state index contributed by atoms with van der Waals surface area (Å²) in [6.45, 7) is 1.87. The van der Waals surface area contributed by atoms with E-state index < -0.39 is 11.1 Å². The maximum atomic E-state index is 10.4. The fraction of sp³-hybridized carbons (Fsp3) is 0.143. The summed E-state index contributed by atoms with van der Waals surface area (Å²) in [5, 5.41) is -0.349. The highest BCUT2D eigenvalue weighted by molar-refractivity contribution is 7.95. The number of rotatable bonds is 1. The Balaban J connectivity index is 2.97. The van der Waals surface area contributed by atoms with E-state index in [4.69, 9.17) is 10.3 Å². The Labute approximate surface area is 78.0 Å². The number of hydrogen-bond donors (Lipinski definition) is 2. The SMILES string of the molecule is Cc1ccnc(N=C(N)S(=O)O)c1. The van der Waals surface area contributed by atoms with Crippen molar-refractivity contribution in [1.29, 1.82) is 0 Å². The zero-order chi connectivity index (χ0) is 9.84. The first-order valence-corrected chi connectivity index (χ1v) is 4.58. The molecule has 1 rings (SSSR count). The summed E-state index contributed by atoms with van der Waals surface area (Å²) in [6, 6.07) is 3.46. The molecule has 1 atom stereocenters. The number of aliphatic imine (C=N–C) groups is 1. The van der Waals surface area contributed by atoms with E-state index in [1.807, 2.05) is 6.92 Å². The van der Waals surface area contributed by atoms with Gasteiger partial charge in [-0.25, -0.2) is 14.2 Å². The fourth-order valence-electron chi connectivity index (χ4n) is 0.733. The molecule has 0 aliphatic rings. The molecule has 5 nitrogen and oxygen atoms in total. The molecule has 0 saturated heterocycles. The molecule has 0 bridgehead atoms. The molecule has 0 aromatic carbocycles. The number of nitrogens with zero attached hydrogens (tertiary/aromatic N) is 2. The number of amidine groups is 1. The number of aromatic nitrogens is 1. The molecular weight excluding hydrogens is 190 g/mol. The summed E-state index contributed by atoms with van der Waals surface area (Å²) in [5.74, 6) is 0.333. The molecular formula is C7H9N3O2S. The highest BCUT2D eigenvalue weighted by Gasteiger charge is 2.00. The Hall–Kier alpha value is -1.27. The lowest BCUT2D eigenvalue weighted by atomic mass is 10.3. The third kappa shape index (κ3) is 2.92. The number of pyridine rings is 1. The van der Waals surface area contributed by atoms with Crippen LogP contribution in [0.2, 0.25) is 0 Å². The monoisotopic (exact) mass is 199 g/mol. The van der Waals surface area contributed by atoms with Crippen molar-refractivity contribution in [2.75, 3.05) is 0 Å². The van der Waals surface area contributed by atoms with Gasteiger partial charge in [0.25, 0.3) is 0 Å². The van der Waals surface area contributed by atoms with E-state index in [0.717, 1.165) is 5.56 Å². The highest BCUT2D eigenvalue weighted by atomic mass is 32.2. The lowest BCUT2D eigenvalue weighted by molar-refractivity contribution is 0.576. The van der Waals surface area contributed by atoms with Gasteiger partial charge in [0.2, 0.25) is 16.2 Å². The van der Waals surface area contributed by atoms with Crippen LogP contribution >= 0.6 is 0 Å². The predicted octanol–water partition coefficient (Wildman–Crippen LogP) is 0.558. The molecule has 0 aliphatic carbocycles. The van der Waals surface area contributed by atoms with E-state index in [2.05, 4.69) is 9.98 Å². The average Bonchev–Trinajstić information content (AvgIpc) is 2.04. The quantitative estimate of drug-likeness (QED) is 0.393. The first-order chi connectivity index (χ1) is 6.09. The van der Waals surface area contributed by atoms with Crippen LogP contribution in [0, 0.1) is 6.92 Å². The molecule has 70 valence electrons. The van der Waals surface area contributed by atoms with Crippen molar-refractivity contribution in [3.63, 3.8) is 0 Å². The van der Waals surface area contributed by atoms with Crippen LogP contribution in [0.25, 0.3) is 0 Å². The van der Waals surface area contributed by atoms with Crippen LogP contribution in [0.5, 0.6) is 0 Å². The van der Waals surface area contributed by atoms with Gasteiger partial charge in [-0.15, -0.1) is 0 Å². The third-order valence-corrected chi connectivity index (χ3v) is 1.75. The Kier molecular flexibility index (Phi) is 3.10. The number of aryl methyl sites for hydroxylation is 1. The molecule has 0 radical (unpaired) electrons. The lowest BCUT2D eigenvalue weighted by Gasteiger charge is -1.95. The first kappa shape index (κ1) is 9.82. The van der Waals surface area contributed by atoms with Gasteiger partial charge >= 0.3 is 0 Å². The van der Waals surface area contributed by atoms with Gasteiger partial charge in [-0.3, -0.25) is 4.55 Å². The van der Waals surface area contributed by atoms with E-state index in [9.17, 15) is 4.21 Å². The number of hydrogen-bond acceptors (Lipinski definition) is 3. The predicted molar refractivity (Wildman–Crippen MR) is 51.0 cm³/mol. The van der Waals surface area contributed by atoms with Crippen LogP contribution < -0.4 is 5.73 Å². The Morgan fingerprint density at radius 3 is 3.00 bits per heavy atom. The van der Waals surface area contributed by atoms with Crippen molar-refractivity contribution in [1.82, 2.24) is 4.98 Å². The Morgan fingerprint density at radius 2 is 2.46 bits per heavy atom. The second-order valence-corrected chi connectivity index (χ2v) is 3.31. The molecule has 1 aromatic heterocycles. The van der Waals surface area contributed by atoms with Crippen molar-refractivity contribution in [2.45, 2.75) is 6.92 Å². The van der Waals surface area contributed by atoms with Gasteiger partial charge in [-0.1, -0.05) is 0 Å². The van der Waals surface area contributed by atoms with Crippen molar-refractivity contribution < 1.29 is 8.76 Å². The zero-order valence-corrected chi connectivity index (χ0v) is 7.78. The summed E-state index contributed by atoms with van der Waals surface area (Å²) >= 11 is -2.23. The molecule has 1 unspecified atom stereocenters. The van der Waals surface area contributed by atoms with Crippen molar-refractivity contribution in [3.05, 3.63) is 23.9 Å². The van der Waals surface area contributed by atoms with Crippen molar-refractivity contribution in [3.8, 4) is 0 Å². The van der Waals surface area contributed by atoms with Crippen molar-refractivity contribution in [2.24, 2.45) is 10.7 Å². The lowest BCUT2D eigenvalue weighted by Crippen LogP contribution is -2.16. The van der Waals surface area contributed by atoms with E-state index in [0.29, 0.717) is 5.82 Å². The minimum atomic E-state index is -2.23. The molecule has 0 spiro atoms. The van der Waals surface area contributed by atoms with Crippen molar-refractivity contribution >= 4 is 22.1 Å². The molecule has 0 fully saturated rings. The second-order valence-electron chi connectivity index (χ2n) is 2.39. The van der Waals surface area contributed by atoms with Crippen LogP contribution in [0.1, 0.15) is 5.56 Å². The third-order valence-electron chi connectivity index (χ3n) is 1.30. The van der Waals surface area contributed by atoms with E-state index in [1.54, 1.807) is 18.3 Å². The molecule has 1 aromatic rings. The van der Waals surface area contributed by atoms with Gasteiger partial charge in [0.15, 0.2) is 5.82 Å². The molecule has 6 heteroatoms. The van der Waals surface area contributed by atoms with E-state index in [1.165, 1.54) is 0 Å². The largest absolute Gasteiger partial charge is 0.374 e. The summed E-state index contributed by atoms with van der Waals surface area (Å²) < 4.78 is 19.0. The topological polar surface area (TPSA) is 88.6 Å². The van der Waals surface area contributed by atoms with Gasteiger partial charge in [-0.05, 0) is 24.6 Å². The number of nitrogens with two attached hydrogens (primary N) is 1. The standard InChI is InChI=1S/C7H9N3O2S/c1-5-2-3-9-6(4-5)10-7(8)13(11)12/h2-4H,1H3,(H,11,12)(H2,8,9,10). The minimum absolute atomic E-state index is 0.333. The summed E-state index contributed by atoms with van der Waals surface area (Å²) in [7, 11) is 0. The molecule has 1 heterocycles. The van der Waals surface area contributed by atoms with Gasteiger partial charge < -0.3 is 5.73 Å². The Bertz CT molecular complexity index is 365. The normalized spacial score (nSPS) is 14.2. The fourth-order valence-corrected chi connectivity index (χ4v) is 0.905. The van der Waals surface area contributed by atoms with Gasteiger partial charge in [-0.2, -0.15) is 0 Å². The van der Waals surface area contributed by atoms with Crippen LogP contribution in [0.4, 0.5) is 5.82 Å². The maximum Gasteiger partial charge on any atom is 0.223 e. The first-order valence-electron chi connectivity index (χ1n) is 3.47. The zero-order valence-electron chi connectivity index (χ0n) is 6.97. The van der Waals surface area contributed by atoms with Crippen LogP contribution in [0.15, 0.2) is 23.3 Å². The van der Waals surface area contributed by atoms with Gasteiger partial charge in [0, 0.05) is 6.20 Å². The molecule has 0 saturated carbocycles. The second kappa shape index (κ2) is 4.11. The molecule has 0 amide bonds. The molecule has 0 aliphatic heterocycles. The van der Waals surface area contributed by atoms with Gasteiger partial charge in [0.05, 0.1) is 0 Å². The van der Waals surface area contributed by atoms with Gasteiger partial charge in [0.1, 0.15) is 0 Å². The van der Waals surface area contributed by atoms with Crippen LogP contribution in [-0.2, 0) is 11.1 Å². The Morgan fingerprint density at radius 1 is 1.77 bits per heavy atom. The maximum absolute atomic E-state index is 10.4. The molecule has 13 heavy (non-hydrogen) atoms. The average molecular weight is 199 g/mol. The smallest absolute Gasteiger partial charge is 0.223 e. The summed E-state index contributed by atoms with van der Waals surface area (Å²) in [4.78, 5) is 7.50. The van der Waals surface area contributed by atoms with E-state index >= 15 is 0 Å². The summed E-state index contributed by atoms with van der Waals surface area (Å²) in [6.07, 6.45) is 1.56. The van der Waals surface area contributed by atoms with Crippen LogP contribution in [-0.4, -0.2) is 18.9 Å². The van der Waals surface area contributed by atoms with E-state index in [-0.39, 0.29) is 5.17 Å². The minimum Gasteiger partial charge on any atom is -0.374 e.